The molecule has 0 amide bonds. The van der Waals surface area contributed by atoms with Crippen molar-refractivity contribution in [3.63, 3.8) is 0 Å². The Morgan fingerprint density at radius 3 is 2.67 bits per heavy atom. The van der Waals surface area contributed by atoms with E-state index in [4.69, 9.17) is 9.47 Å². The van der Waals surface area contributed by atoms with Crippen LogP contribution in [0, 0.1) is 12.8 Å². The van der Waals surface area contributed by atoms with Gasteiger partial charge in [0, 0.05) is 45.2 Å². The number of hydrogen-bond donors (Lipinski definition) is 1. The largest absolute Gasteiger partial charge is 0.375 e. The summed E-state index contributed by atoms with van der Waals surface area (Å²) in [5.41, 5.74) is 1.22. The maximum absolute atomic E-state index is 5.98. The van der Waals surface area contributed by atoms with Gasteiger partial charge in [0.1, 0.15) is 6.10 Å². The molecule has 0 radical (unpaired) electrons. The van der Waals surface area contributed by atoms with Crippen molar-refractivity contribution in [2.45, 2.75) is 51.4 Å². The number of ether oxygens (including phenoxy) is 2. The molecule has 7 nitrogen and oxygen atoms in total. The van der Waals surface area contributed by atoms with Crippen LogP contribution >= 0.6 is 35.3 Å². The van der Waals surface area contributed by atoms with E-state index >= 15 is 0 Å². The topological polar surface area (TPSA) is 62.2 Å². The maximum atomic E-state index is 5.98. The van der Waals surface area contributed by atoms with Crippen molar-refractivity contribution in [1.82, 2.24) is 20.1 Å². The molecule has 3 saturated heterocycles. The van der Waals surface area contributed by atoms with Gasteiger partial charge in [-0.15, -0.1) is 35.3 Å². The molecule has 2 unspecified atom stereocenters. The number of guanidine groups is 1. The second kappa shape index (κ2) is 11.9. The Balaban J connectivity index is 0.00000256. The average molecular weight is 550 g/mol. The third kappa shape index (κ3) is 6.51. The van der Waals surface area contributed by atoms with Crippen LogP contribution in [0.3, 0.4) is 0 Å². The van der Waals surface area contributed by atoms with E-state index in [1.807, 2.05) is 7.05 Å². The molecule has 0 spiro atoms. The van der Waals surface area contributed by atoms with Crippen LogP contribution in [-0.2, 0) is 16.0 Å². The van der Waals surface area contributed by atoms with Gasteiger partial charge in [0.25, 0.3) is 0 Å². The molecule has 4 rings (SSSR count). The van der Waals surface area contributed by atoms with Gasteiger partial charge in [0.05, 0.1) is 23.4 Å². The van der Waals surface area contributed by atoms with Crippen LogP contribution in [0.1, 0.15) is 36.4 Å². The van der Waals surface area contributed by atoms with Gasteiger partial charge in [-0.3, -0.25) is 9.89 Å². The molecule has 30 heavy (non-hydrogen) atoms. The highest BCUT2D eigenvalue weighted by Gasteiger charge is 2.32. The number of likely N-dealkylation sites (tertiary alicyclic amines) is 1. The number of halogens is 1. The lowest BCUT2D eigenvalue weighted by atomic mass is 9.97. The predicted octanol–water partition coefficient (Wildman–Crippen LogP) is 2.74. The predicted molar refractivity (Wildman–Crippen MR) is 132 cm³/mol. The molecule has 0 bridgehead atoms. The van der Waals surface area contributed by atoms with Crippen molar-refractivity contribution in [2.24, 2.45) is 10.9 Å². The van der Waals surface area contributed by atoms with Gasteiger partial charge in [-0.1, -0.05) is 0 Å². The molecular formula is C21H36IN5O2S. The van der Waals surface area contributed by atoms with E-state index in [0.717, 1.165) is 76.3 Å². The van der Waals surface area contributed by atoms with Crippen LogP contribution < -0.4 is 5.32 Å². The van der Waals surface area contributed by atoms with Crippen LogP contribution in [0.2, 0.25) is 0 Å². The Kier molecular flexibility index (Phi) is 9.61. The Hall–Kier alpha value is -0.490. The number of hydrogen-bond acceptors (Lipinski definition) is 6. The van der Waals surface area contributed by atoms with Crippen LogP contribution in [0.25, 0.3) is 0 Å². The number of thiazole rings is 1. The molecule has 1 aromatic heterocycles. The Morgan fingerprint density at radius 1 is 1.20 bits per heavy atom. The fourth-order valence-corrected chi connectivity index (χ4v) is 5.22. The normalized spacial score (nSPS) is 26.6. The molecule has 2 atom stereocenters. The van der Waals surface area contributed by atoms with Crippen LogP contribution in [0.15, 0.2) is 10.4 Å². The van der Waals surface area contributed by atoms with E-state index in [1.165, 1.54) is 18.5 Å². The number of morpholine rings is 1. The van der Waals surface area contributed by atoms with Crippen LogP contribution in [0.5, 0.6) is 0 Å². The van der Waals surface area contributed by atoms with E-state index in [-0.39, 0.29) is 36.2 Å². The number of aromatic nitrogens is 1. The summed E-state index contributed by atoms with van der Waals surface area (Å²) in [5.74, 6) is 1.71. The van der Waals surface area contributed by atoms with Crippen molar-refractivity contribution in [1.29, 1.82) is 0 Å². The molecule has 3 fully saturated rings. The molecule has 1 N–H and O–H groups in total. The molecule has 0 aliphatic carbocycles. The van der Waals surface area contributed by atoms with E-state index < -0.39 is 0 Å². The molecule has 3 aliphatic rings. The lowest BCUT2D eigenvalue weighted by Gasteiger charge is -2.38. The molecule has 9 heteroatoms. The van der Waals surface area contributed by atoms with E-state index in [1.54, 1.807) is 11.3 Å². The zero-order valence-electron chi connectivity index (χ0n) is 18.2. The summed E-state index contributed by atoms with van der Waals surface area (Å²) >= 11 is 1.75. The molecule has 0 saturated carbocycles. The number of piperidine rings is 1. The minimum absolute atomic E-state index is 0. The number of aryl methyl sites for hydroxylation is 1. The summed E-state index contributed by atoms with van der Waals surface area (Å²) in [5, 5.41) is 6.99. The lowest BCUT2D eigenvalue weighted by molar-refractivity contribution is -0.0817. The third-order valence-corrected chi connectivity index (χ3v) is 7.11. The number of aliphatic imine (C=N–C) groups is 1. The Bertz CT molecular complexity index is 674. The molecule has 0 aromatic carbocycles. The monoisotopic (exact) mass is 549 g/mol. The first-order valence-electron chi connectivity index (χ1n) is 11.0. The smallest absolute Gasteiger partial charge is 0.193 e. The summed E-state index contributed by atoms with van der Waals surface area (Å²) < 4.78 is 11.8. The zero-order chi connectivity index (χ0) is 20.1. The number of nitrogens with one attached hydrogen (secondary N) is 1. The minimum Gasteiger partial charge on any atom is -0.375 e. The first-order chi connectivity index (χ1) is 14.2. The second-order valence-corrected chi connectivity index (χ2v) is 9.47. The van der Waals surface area contributed by atoms with Crippen molar-refractivity contribution >= 4 is 41.3 Å². The van der Waals surface area contributed by atoms with Gasteiger partial charge in [0.15, 0.2) is 5.96 Å². The third-order valence-electron chi connectivity index (χ3n) is 6.29. The van der Waals surface area contributed by atoms with Gasteiger partial charge in [-0.25, -0.2) is 4.98 Å². The van der Waals surface area contributed by atoms with E-state index in [2.05, 4.69) is 37.4 Å². The quantitative estimate of drug-likeness (QED) is 0.347. The van der Waals surface area contributed by atoms with E-state index in [0.29, 0.717) is 5.92 Å². The standard InChI is InChI=1S/C21H35N5O2S.HI/c1-16-24-18(15-29-16)13-25-7-5-17(6-8-25)12-23-21(22-2)26-9-11-28-20(14-26)19-4-3-10-27-19;/h15,17,19-20H,3-14H2,1-2H3,(H,22,23);1H. The zero-order valence-corrected chi connectivity index (χ0v) is 21.4. The van der Waals surface area contributed by atoms with Gasteiger partial charge in [-0.05, 0) is 51.6 Å². The van der Waals surface area contributed by atoms with Crippen LogP contribution in [0.4, 0.5) is 0 Å². The van der Waals surface area contributed by atoms with Gasteiger partial charge < -0.3 is 19.7 Å². The van der Waals surface area contributed by atoms with Crippen LogP contribution in [-0.4, -0.2) is 85.9 Å². The molecule has 4 heterocycles. The van der Waals surface area contributed by atoms with Gasteiger partial charge in [0.2, 0.25) is 0 Å². The fourth-order valence-electron chi connectivity index (χ4n) is 4.62. The van der Waals surface area contributed by atoms with E-state index in [9.17, 15) is 0 Å². The van der Waals surface area contributed by atoms with Gasteiger partial charge >= 0.3 is 0 Å². The van der Waals surface area contributed by atoms with Crippen molar-refractivity contribution < 1.29 is 9.47 Å². The SMILES string of the molecule is CN=C(NCC1CCN(Cc2csc(C)n2)CC1)N1CCOC(C2CCCO2)C1.I. The highest BCUT2D eigenvalue weighted by atomic mass is 127. The fraction of sp³-hybridized carbons (Fsp3) is 0.810. The number of nitrogens with zero attached hydrogens (tertiary/aromatic N) is 4. The van der Waals surface area contributed by atoms with Crippen molar-refractivity contribution in [3.8, 4) is 0 Å². The molecule has 1 aromatic rings. The highest BCUT2D eigenvalue weighted by Crippen LogP contribution is 2.22. The molecule has 170 valence electrons. The summed E-state index contributed by atoms with van der Waals surface area (Å²) in [6.45, 7) is 9.77. The van der Waals surface area contributed by atoms with Gasteiger partial charge in [-0.2, -0.15) is 0 Å². The summed E-state index contributed by atoms with van der Waals surface area (Å²) in [7, 11) is 1.89. The van der Waals surface area contributed by atoms with Crippen molar-refractivity contribution in [2.75, 3.05) is 53.0 Å². The maximum Gasteiger partial charge on any atom is 0.193 e. The Labute approximate surface area is 201 Å². The first-order valence-corrected chi connectivity index (χ1v) is 11.9. The molecule has 3 aliphatic heterocycles. The highest BCUT2D eigenvalue weighted by molar-refractivity contribution is 14.0. The second-order valence-electron chi connectivity index (χ2n) is 8.41. The minimum atomic E-state index is 0. The summed E-state index contributed by atoms with van der Waals surface area (Å²) in [4.78, 5) is 14.0. The lowest BCUT2D eigenvalue weighted by Crippen LogP contribution is -2.54. The first kappa shape index (κ1) is 24.2. The summed E-state index contributed by atoms with van der Waals surface area (Å²) in [6.07, 6.45) is 5.15. The average Bonchev–Trinajstić information content (AvgIpc) is 3.42. The van der Waals surface area contributed by atoms with Crippen molar-refractivity contribution in [3.05, 3.63) is 16.1 Å². The molecular weight excluding hydrogens is 513 g/mol. The summed E-state index contributed by atoms with van der Waals surface area (Å²) in [6, 6.07) is 0. The number of rotatable bonds is 5. The Morgan fingerprint density at radius 2 is 2.00 bits per heavy atom.